The van der Waals surface area contributed by atoms with Gasteiger partial charge >= 0.3 is 0 Å². The highest BCUT2D eigenvalue weighted by atomic mass is 16.3. The standard InChI is InChI=1S/C10H20O/c1-5-6-7-9(4)10(11)8(2)3/h5-6,8-11H,7H2,1-4H3. The quantitative estimate of drug-likeness (QED) is 0.620. The molecule has 66 valence electrons. The third-order valence-electron chi connectivity index (χ3n) is 2.01. The lowest BCUT2D eigenvalue weighted by atomic mass is 9.92. The first-order chi connectivity index (χ1) is 5.09. The van der Waals surface area contributed by atoms with Crippen molar-refractivity contribution in [2.24, 2.45) is 11.8 Å². The monoisotopic (exact) mass is 156 g/mol. The normalized spacial score (nSPS) is 17.6. The fourth-order valence-corrected chi connectivity index (χ4v) is 1.15. The van der Waals surface area contributed by atoms with Gasteiger partial charge in [0.2, 0.25) is 0 Å². The minimum atomic E-state index is -0.161. The summed E-state index contributed by atoms with van der Waals surface area (Å²) in [5.74, 6) is 0.751. The number of allylic oxidation sites excluding steroid dienone is 2. The van der Waals surface area contributed by atoms with Crippen LogP contribution in [0.2, 0.25) is 0 Å². The van der Waals surface area contributed by atoms with Crippen LogP contribution < -0.4 is 0 Å². The largest absolute Gasteiger partial charge is 0.393 e. The summed E-state index contributed by atoms with van der Waals surface area (Å²) in [4.78, 5) is 0. The molecule has 0 bridgehead atoms. The Labute approximate surface area is 70.1 Å². The smallest absolute Gasteiger partial charge is 0.0591 e. The summed E-state index contributed by atoms with van der Waals surface area (Å²) >= 11 is 0. The van der Waals surface area contributed by atoms with Crippen LogP contribution in [-0.2, 0) is 0 Å². The van der Waals surface area contributed by atoms with Crippen molar-refractivity contribution in [2.75, 3.05) is 0 Å². The average Bonchev–Trinajstić information content (AvgIpc) is 1.98. The number of hydrogen-bond donors (Lipinski definition) is 1. The predicted octanol–water partition coefficient (Wildman–Crippen LogP) is 2.61. The molecule has 0 spiro atoms. The Morgan fingerprint density at radius 3 is 2.18 bits per heavy atom. The molecule has 0 radical (unpaired) electrons. The van der Waals surface area contributed by atoms with Gasteiger partial charge in [0.25, 0.3) is 0 Å². The van der Waals surface area contributed by atoms with E-state index in [4.69, 9.17) is 0 Å². The van der Waals surface area contributed by atoms with Crippen LogP contribution >= 0.6 is 0 Å². The highest BCUT2D eigenvalue weighted by Gasteiger charge is 2.15. The first-order valence-corrected chi connectivity index (χ1v) is 4.38. The molecule has 0 aliphatic heterocycles. The Balaban J connectivity index is 3.72. The van der Waals surface area contributed by atoms with Crippen molar-refractivity contribution in [1.29, 1.82) is 0 Å². The number of rotatable bonds is 4. The molecule has 0 aromatic carbocycles. The molecule has 1 N–H and O–H groups in total. The maximum Gasteiger partial charge on any atom is 0.0591 e. The summed E-state index contributed by atoms with van der Waals surface area (Å²) < 4.78 is 0. The lowest BCUT2D eigenvalue weighted by molar-refractivity contribution is 0.0735. The molecule has 0 aliphatic rings. The molecule has 0 aliphatic carbocycles. The van der Waals surface area contributed by atoms with Gasteiger partial charge in [0, 0.05) is 0 Å². The highest BCUT2D eigenvalue weighted by molar-refractivity contribution is 4.82. The molecule has 0 saturated heterocycles. The van der Waals surface area contributed by atoms with Crippen LogP contribution in [0, 0.1) is 11.8 Å². The molecule has 2 unspecified atom stereocenters. The first kappa shape index (κ1) is 10.7. The summed E-state index contributed by atoms with van der Waals surface area (Å²) in [6.45, 7) is 8.20. The first-order valence-electron chi connectivity index (χ1n) is 4.38. The van der Waals surface area contributed by atoms with Crippen molar-refractivity contribution in [3.63, 3.8) is 0 Å². The van der Waals surface area contributed by atoms with Crippen LogP contribution in [0.3, 0.4) is 0 Å². The van der Waals surface area contributed by atoms with Gasteiger partial charge in [-0.15, -0.1) is 0 Å². The van der Waals surface area contributed by atoms with Crippen molar-refractivity contribution in [3.05, 3.63) is 12.2 Å². The second-order valence-corrected chi connectivity index (χ2v) is 3.52. The maximum absolute atomic E-state index is 9.59. The van der Waals surface area contributed by atoms with E-state index in [1.807, 2.05) is 13.0 Å². The van der Waals surface area contributed by atoms with E-state index in [0.29, 0.717) is 11.8 Å². The van der Waals surface area contributed by atoms with E-state index in [1.165, 1.54) is 0 Å². The van der Waals surface area contributed by atoms with E-state index in [-0.39, 0.29) is 6.10 Å². The molecule has 0 saturated carbocycles. The lowest BCUT2D eigenvalue weighted by Crippen LogP contribution is -2.23. The van der Waals surface area contributed by atoms with Crippen LogP contribution in [0.5, 0.6) is 0 Å². The maximum atomic E-state index is 9.59. The van der Waals surface area contributed by atoms with Gasteiger partial charge in [-0.1, -0.05) is 32.9 Å². The zero-order valence-corrected chi connectivity index (χ0v) is 8.04. The SMILES string of the molecule is CC=CCC(C)C(O)C(C)C. The Hall–Kier alpha value is -0.300. The molecular weight excluding hydrogens is 136 g/mol. The summed E-state index contributed by atoms with van der Waals surface area (Å²) in [5.41, 5.74) is 0. The van der Waals surface area contributed by atoms with E-state index in [1.54, 1.807) is 0 Å². The minimum Gasteiger partial charge on any atom is -0.393 e. The van der Waals surface area contributed by atoms with Gasteiger partial charge in [-0.25, -0.2) is 0 Å². The molecule has 2 atom stereocenters. The highest BCUT2D eigenvalue weighted by Crippen LogP contribution is 2.15. The van der Waals surface area contributed by atoms with Crippen LogP contribution in [0.4, 0.5) is 0 Å². The molecule has 0 fully saturated rings. The predicted molar refractivity (Wildman–Crippen MR) is 49.4 cm³/mol. The van der Waals surface area contributed by atoms with E-state index in [9.17, 15) is 5.11 Å². The zero-order chi connectivity index (χ0) is 8.85. The van der Waals surface area contributed by atoms with Gasteiger partial charge in [-0.3, -0.25) is 0 Å². The Kier molecular flexibility index (Phi) is 5.22. The van der Waals surface area contributed by atoms with Crippen molar-refractivity contribution in [3.8, 4) is 0 Å². The molecule has 11 heavy (non-hydrogen) atoms. The van der Waals surface area contributed by atoms with Gasteiger partial charge in [0.15, 0.2) is 0 Å². The molecule has 0 heterocycles. The zero-order valence-electron chi connectivity index (χ0n) is 8.04. The van der Waals surface area contributed by atoms with Crippen molar-refractivity contribution in [1.82, 2.24) is 0 Å². The van der Waals surface area contributed by atoms with Gasteiger partial charge in [-0.05, 0) is 25.2 Å². The van der Waals surface area contributed by atoms with Crippen LogP contribution in [0.1, 0.15) is 34.1 Å². The number of aliphatic hydroxyl groups is 1. The third kappa shape index (κ3) is 4.20. The minimum absolute atomic E-state index is 0.161. The lowest BCUT2D eigenvalue weighted by Gasteiger charge is -2.20. The molecule has 0 amide bonds. The molecular formula is C10H20O. The Morgan fingerprint density at radius 2 is 1.82 bits per heavy atom. The number of hydrogen-bond acceptors (Lipinski definition) is 1. The molecule has 0 aromatic rings. The van der Waals surface area contributed by atoms with Crippen LogP contribution in [0.25, 0.3) is 0 Å². The second kappa shape index (κ2) is 5.36. The fourth-order valence-electron chi connectivity index (χ4n) is 1.15. The van der Waals surface area contributed by atoms with Crippen molar-refractivity contribution in [2.45, 2.75) is 40.2 Å². The summed E-state index contributed by atoms with van der Waals surface area (Å²) in [6.07, 6.45) is 4.96. The van der Waals surface area contributed by atoms with E-state index in [0.717, 1.165) is 6.42 Å². The summed E-state index contributed by atoms with van der Waals surface area (Å²) in [7, 11) is 0. The van der Waals surface area contributed by atoms with Crippen LogP contribution in [-0.4, -0.2) is 11.2 Å². The van der Waals surface area contributed by atoms with Gasteiger partial charge in [0.1, 0.15) is 0 Å². The second-order valence-electron chi connectivity index (χ2n) is 3.52. The van der Waals surface area contributed by atoms with Gasteiger partial charge in [0.05, 0.1) is 6.10 Å². The van der Waals surface area contributed by atoms with E-state index >= 15 is 0 Å². The van der Waals surface area contributed by atoms with E-state index < -0.39 is 0 Å². The van der Waals surface area contributed by atoms with Crippen molar-refractivity contribution >= 4 is 0 Å². The summed E-state index contributed by atoms with van der Waals surface area (Å²) in [6, 6.07) is 0. The van der Waals surface area contributed by atoms with Crippen LogP contribution in [0.15, 0.2) is 12.2 Å². The molecule has 1 heteroatoms. The van der Waals surface area contributed by atoms with Crippen molar-refractivity contribution < 1.29 is 5.11 Å². The summed E-state index contributed by atoms with van der Waals surface area (Å²) in [5, 5.41) is 9.59. The van der Waals surface area contributed by atoms with E-state index in [2.05, 4.69) is 26.8 Å². The molecule has 0 aromatic heterocycles. The van der Waals surface area contributed by atoms with Gasteiger partial charge < -0.3 is 5.11 Å². The third-order valence-corrected chi connectivity index (χ3v) is 2.01. The van der Waals surface area contributed by atoms with Gasteiger partial charge in [-0.2, -0.15) is 0 Å². The topological polar surface area (TPSA) is 20.2 Å². The molecule has 0 rings (SSSR count). The number of aliphatic hydroxyl groups excluding tert-OH is 1. The average molecular weight is 156 g/mol. The Bertz CT molecular complexity index is 116. The fraction of sp³-hybridized carbons (Fsp3) is 0.800. The Morgan fingerprint density at radius 1 is 1.27 bits per heavy atom. The molecule has 1 nitrogen and oxygen atoms in total.